The number of hydrogen-bond donors (Lipinski definition) is 1. The highest BCUT2D eigenvalue weighted by Crippen LogP contribution is 2.27. The second-order valence-electron chi connectivity index (χ2n) is 5.19. The van der Waals surface area contributed by atoms with Crippen LogP contribution in [0.1, 0.15) is 31.0 Å². The average Bonchev–Trinajstić information content (AvgIpc) is 2.96. The van der Waals surface area contributed by atoms with Gasteiger partial charge in [0.1, 0.15) is 0 Å². The van der Waals surface area contributed by atoms with Crippen molar-refractivity contribution in [2.45, 2.75) is 39.4 Å². The fourth-order valence-electron chi connectivity index (χ4n) is 2.07. The molecule has 6 nitrogen and oxygen atoms in total. The molecule has 0 atom stereocenters. The molecule has 0 saturated heterocycles. The van der Waals surface area contributed by atoms with Crippen LogP contribution in [0.2, 0.25) is 0 Å². The van der Waals surface area contributed by atoms with Gasteiger partial charge in [-0.15, -0.1) is 5.10 Å². The fourth-order valence-corrected chi connectivity index (χ4v) is 2.07. The Morgan fingerprint density at radius 3 is 2.95 bits per heavy atom. The van der Waals surface area contributed by atoms with Gasteiger partial charge in [0, 0.05) is 24.8 Å². The van der Waals surface area contributed by atoms with Crippen molar-refractivity contribution in [3.05, 3.63) is 29.8 Å². The van der Waals surface area contributed by atoms with E-state index < -0.39 is 0 Å². The van der Waals surface area contributed by atoms with Gasteiger partial charge in [0.2, 0.25) is 0 Å². The van der Waals surface area contributed by atoms with Crippen molar-refractivity contribution >= 4 is 0 Å². The van der Waals surface area contributed by atoms with Crippen molar-refractivity contribution in [3.8, 4) is 0 Å². The van der Waals surface area contributed by atoms with E-state index in [9.17, 15) is 0 Å². The van der Waals surface area contributed by atoms with Crippen LogP contribution < -0.4 is 5.32 Å². The Morgan fingerprint density at radius 1 is 1.32 bits per heavy atom. The third-order valence-corrected chi connectivity index (χ3v) is 3.38. The Labute approximate surface area is 112 Å². The van der Waals surface area contributed by atoms with E-state index in [0.717, 1.165) is 43.4 Å². The number of aromatic nitrogens is 5. The molecule has 0 aromatic carbocycles. The largest absolute Gasteiger partial charge is 0.311 e. The van der Waals surface area contributed by atoms with E-state index in [1.165, 1.54) is 12.8 Å². The summed E-state index contributed by atoms with van der Waals surface area (Å²) in [7, 11) is 0. The first kappa shape index (κ1) is 12.3. The summed E-state index contributed by atoms with van der Waals surface area (Å²) in [5, 5.41) is 16.0. The molecule has 2 heterocycles. The lowest BCUT2D eigenvalue weighted by atomic mass is 10.3. The number of nitrogens with zero attached hydrogens (tertiary/aromatic N) is 5. The predicted octanol–water partition coefficient (Wildman–Crippen LogP) is 1.04. The Bertz CT molecular complexity index is 525. The zero-order chi connectivity index (χ0) is 13.1. The molecule has 19 heavy (non-hydrogen) atoms. The highest BCUT2D eigenvalue weighted by molar-refractivity contribution is 5.05. The van der Waals surface area contributed by atoms with E-state index in [2.05, 4.69) is 27.7 Å². The second kappa shape index (κ2) is 5.52. The van der Waals surface area contributed by atoms with Gasteiger partial charge in [0.15, 0.2) is 0 Å². The summed E-state index contributed by atoms with van der Waals surface area (Å²) in [5.41, 5.74) is 2.16. The summed E-state index contributed by atoms with van der Waals surface area (Å²) in [4.78, 5) is 0. The van der Waals surface area contributed by atoms with Crippen molar-refractivity contribution in [2.24, 2.45) is 5.92 Å². The average molecular weight is 260 g/mol. The van der Waals surface area contributed by atoms with E-state index in [1.54, 1.807) is 0 Å². The smallest absolute Gasteiger partial charge is 0.0964 e. The molecule has 1 saturated carbocycles. The van der Waals surface area contributed by atoms with Crippen LogP contribution in [0.4, 0.5) is 0 Å². The van der Waals surface area contributed by atoms with Crippen LogP contribution in [0.15, 0.2) is 18.6 Å². The first-order chi connectivity index (χ1) is 9.33. The van der Waals surface area contributed by atoms with Crippen LogP contribution in [-0.2, 0) is 19.6 Å². The lowest BCUT2D eigenvalue weighted by Gasteiger charge is -1.98. The Morgan fingerprint density at radius 2 is 2.21 bits per heavy atom. The molecule has 2 aromatic rings. The summed E-state index contributed by atoms with van der Waals surface area (Å²) in [6, 6.07) is 0. The summed E-state index contributed by atoms with van der Waals surface area (Å²) in [5.74, 6) is 0.898. The molecular weight excluding hydrogens is 240 g/mol. The van der Waals surface area contributed by atoms with Crippen molar-refractivity contribution in [1.82, 2.24) is 30.1 Å². The fraction of sp³-hybridized carbons (Fsp3) is 0.615. The summed E-state index contributed by atoms with van der Waals surface area (Å²) in [6.45, 7) is 5.63. The molecule has 1 fully saturated rings. The normalized spacial score (nSPS) is 15.0. The maximum absolute atomic E-state index is 4.26. The minimum atomic E-state index is 0.732. The maximum Gasteiger partial charge on any atom is 0.0964 e. The van der Waals surface area contributed by atoms with Crippen molar-refractivity contribution in [1.29, 1.82) is 0 Å². The molecule has 2 aromatic heterocycles. The molecule has 0 bridgehead atoms. The highest BCUT2D eigenvalue weighted by atomic mass is 15.4. The zero-order valence-corrected chi connectivity index (χ0v) is 11.3. The van der Waals surface area contributed by atoms with E-state index in [-0.39, 0.29) is 0 Å². The second-order valence-corrected chi connectivity index (χ2v) is 5.19. The van der Waals surface area contributed by atoms with Crippen molar-refractivity contribution in [3.63, 3.8) is 0 Å². The monoisotopic (exact) mass is 260 g/mol. The Balaban J connectivity index is 1.51. The summed E-state index contributed by atoms with van der Waals surface area (Å²) >= 11 is 0. The number of hydrogen-bond acceptors (Lipinski definition) is 4. The van der Waals surface area contributed by atoms with Crippen molar-refractivity contribution < 1.29 is 0 Å². The van der Waals surface area contributed by atoms with Crippen LogP contribution in [0.3, 0.4) is 0 Å². The van der Waals surface area contributed by atoms with Gasteiger partial charge in [-0.25, -0.2) is 4.68 Å². The summed E-state index contributed by atoms with van der Waals surface area (Å²) in [6.07, 6.45) is 8.69. The molecule has 0 aliphatic heterocycles. The van der Waals surface area contributed by atoms with Crippen molar-refractivity contribution in [2.75, 3.05) is 6.54 Å². The Hall–Kier alpha value is -1.69. The molecule has 0 amide bonds. The molecule has 1 N–H and O–H groups in total. The minimum Gasteiger partial charge on any atom is -0.311 e. The molecule has 3 rings (SSSR count). The molecule has 0 unspecified atom stereocenters. The number of rotatable bonds is 7. The zero-order valence-electron chi connectivity index (χ0n) is 11.3. The molecule has 0 spiro atoms. The van der Waals surface area contributed by atoms with Gasteiger partial charge < -0.3 is 5.32 Å². The molecule has 102 valence electrons. The van der Waals surface area contributed by atoms with E-state index in [1.807, 2.05) is 28.0 Å². The first-order valence-electron chi connectivity index (χ1n) is 6.94. The third kappa shape index (κ3) is 3.41. The topological polar surface area (TPSA) is 60.6 Å². The van der Waals surface area contributed by atoms with Crippen LogP contribution >= 0.6 is 0 Å². The summed E-state index contributed by atoms with van der Waals surface area (Å²) < 4.78 is 3.79. The number of aryl methyl sites for hydroxylation is 1. The van der Waals surface area contributed by atoms with E-state index >= 15 is 0 Å². The number of nitrogens with one attached hydrogen (secondary N) is 1. The van der Waals surface area contributed by atoms with E-state index in [4.69, 9.17) is 0 Å². The predicted molar refractivity (Wildman–Crippen MR) is 71.5 cm³/mol. The van der Waals surface area contributed by atoms with Gasteiger partial charge in [0.25, 0.3) is 0 Å². The van der Waals surface area contributed by atoms with Gasteiger partial charge in [-0.2, -0.15) is 5.10 Å². The highest BCUT2D eigenvalue weighted by Gasteiger charge is 2.20. The van der Waals surface area contributed by atoms with Gasteiger partial charge in [-0.3, -0.25) is 4.68 Å². The van der Waals surface area contributed by atoms with E-state index in [0.29, 0.717) is 0 Å². The molecular formula is C13H20N6. The minimum absolute atomic E-state index is 0.732. The molecule has 6 heteroatoms. The Kier molecular flexibility index (Phi) is 3.59. The van der Waals surface area contributed by atoms with Crippen LogP contribution in [0.25, 0.3) is 0 Å². The van der Waals surface area contributed by atoms with Crippen LogP contribution in [0, 0.1) is 5.92 Å². The lowest BCUT2D eigenvalue weighted by molar-refractivity contribution is 0.626. The quantitative estimate of drug-likeness (QED) is 0.808. The maximum atomic E-state index is 4.26. The van der Waals surface area contributed by atoms with Gasteiger partial charge >= 0.3 is 0 Å². The van der Waals surface area contributed by atoms with Gasteiger partial charge in [-0.05, 0) is 32.2 Å². The van der Waals surface area contributed by atoms with Crippen LogP contribution in [-0.4, -0.2) is 31.3 Å². The molecule has 0 radical (unpaired) electrons. The van der Waals surface area contributed by atoms with Crippen LogP contribution in [0.5, 0.6) is 0 Å². The molecule has 1 aliphatic rings. The molecule has 1 aliphatic carbocycles. The SMILES string of the molecule is CCn1cc(Cn2cc(CNCC3CC3)nn2)cn1. The third-order valence-electron chi connectivity index (χ3n) is 3.38. The van der Waals surface area contributed by atoms with Gasteiger partial charge in [-0.1, -0.05) is 5.21 Å². The lowest BCUT2D eigenvalue weighted by Crippen LogP contribution is -2.16. The standard InChI is InChI=1S/C13H20N6/c1-2-18-8-12(6-15-18)9-19-10-13(16-17-19)7-14-5-11-3-4-11/h6,8,10-11,14H,2-5,7,9H2,1H3. The first-order valence-corrected chi connectivity index (χ1v) is 6.94. The van der Waals surface area contributed by atoms with Gasteiger partial charge in [0.05, 0.1) is 24.6 Å².